The number of hydrogen-bond donors (Lipinski definition) is 1. The van der Waals surface area contributed by atoms with Gasteiger partial charge in [0.25, 0.3) is 0 Å². The number of nitrogens with two attached hydrogens (primary N) is 1. The first-order chi connectivity index (χ1) is 6.47. The first kappa shape index (κ1) is 10.9. The van der Waals surface area contributed by atoms with Crippen LogP contribution in [-0.2, 0) is 0 Å². The quantitative estimate of drug-likeness (QED) is 0.784. The molecule has 0 aliphatic carbocycles. The Bertz CT molecular complexity index is 306. The van der Waals surface area contributed by atoms with Crippen molar-refractivity contribution in [2.24, 2.45) is 5.73 Å². The maximum absolute atomic E-state index is 12.6. The lowest BCUT2D eigenvalue weighted by atomic mass is 10.0. The van der Waals surface area contributed by atoms with Crippen molar-refractivity contribution >= 4 is 6.08 Å². The van der Waals surface area contributed by atoms with Crippen molar-refractivity contribution in [3.8, 4) is 0 Å². The molecule has 1 aromatic carbocycles. The predicted molar refractivity (Wildman–Crippen MR) is 58.3 cm³/mol. The van der Waals surface area contributed by atoms with Crippen molar-refractivity contribution in [2.75, 3.05) is 0 Å². The minimum absolute atomic E-state index is 0.184. The second-order valence-corrected chi connectivity index (χ2v) is 4.15. The lowest BCUT2D eigenvalue weighted by Gasteiger charge is -2.14. The highest BCUT2D eigenvalue weighted by Gasteiger charge is 2.06. The zero-order valence-corrected chi connectivity index (χ0v) is 8.63. The standard InChI is InChI=1S/C12H16FN/c1-12(2,14)9-3-4-10-5-7-11(13)8-6-10/h3-8H,9,14H2,1-2H3/b4-3+. The molecule has 2 heteroatoms. The Morgan fingerprint density at radius 3 is 2.36 bits per heavy atom. The highest BCUT2D eigenvalue weighted by atomic mass is 19.1. The van der Waals surface area contributed by atoms with E-state index in [4.69, 9.17) is 5.73 Å². The minimum Gasteiger partial charge on any atom is -0.325 e. The Kier molecular flexibility index (Phi) is 3.42. The molecular formula is C12H16FN. The summed E-state index contributed by atoms with van der Waals surface area (Å²) in [6, 6.07) is 6.39. The van der Waals surface area contributed by atoms with Gasteiger partial charge in [-0.25, -0.2) is 4.39 Å². The van der Waals surface area contributed by atoms with Crippen LogP contribution < -0.4 is 5.73 Å². The summed E-state index contributed by atoms with van der Waals surface area (Å²) in [6.45, 7) is 3.95. The molecule has 0 bridgehead atoms. The van der Waals surface area contributed by atoms with Gasteiger partial charge in [0.05, 0.1) is 0 Å². The third-order valence-corrected chi connectivity index (χ3v) is 1.82. The van der Waals surface area contributed by atoms with E-state index in [0.717, 1.165) is 12.0 Å². The molecule has 0 heterocycles. The molecule has 0 radical (unpaired) electrons. The van der Waals surface area contributed by atoms with E-state index in [1.807, 2.05) is 26.0 Å². The second kappa shape index (κ2) is 4.38. The minimum atomic E-state index is -0.207. The monoisotopic (exact) mass is 193 g/mol. The molecule has 0 aliphatic rings. The van der Waals surface area contributed by atoms with Gasteiger partial charge in [-0.2, -0.15) is 0 Å². The summed E-state index contributed by atoms with van der Waals surface area (Å²) < 4.78 is 12.6. The summed E-state index contributed by atoms with van der Waals surface area (Å²) >= 11 is 0. The molecule has 1 rings (SSSR count). The smallest absolute Gasteiger partial charge is 0.123 e. The van der Waals surface area contributed by atoms with Crippen molar-refractivity contribution in [3.63, 3.8) is 0 Å². The average Bonchev–Trinajstić information content (AvgIpc) is 2.06. The highest BCUT2D eigenvalue weighted by Crippen LogP contribution is 2.09. The molecular weight excluding hydrogens is 177 g/mol. The Hall–Kier alpha value is -1.15. The van der Waals surface area contributed by atoms with E-state index in [1.165, 1.54) is 12.1 Å². The molecule has 0 unspecified atom stereocenters. The summed E-state index contributed by atoms with van der Waals surface area (Å²) in [5.74, 6) is -0.207. The van der Waals surface area contributed by atoms with Crippen LogP contribution in [0, 0.1) is 5.82 Å². The Labute approximate surface area is 84.4 Å². The third kappa shape index (κ3) is 4.19. The van der Waals surface area contributed by atoms with Crippen molar-refractivity contribution in [2.45, 2.75) is 25.8 Å². The Morgan fingerprint density at radius 1 is 1.29 bits per heavy atom. The van der Waals surface area contributed by atoms with Crippen LogP contribution in [0.25, 0.3) is 6.08 Å². The topological polar surface area (TPSA) is 26.0 Å². The van der Waals surface area contributed by atoms with Crippen LogP contribution in [0.5, 0.6) is 0 Å². The highest BCUT2D eigenvalue weighted by molar-refractivity contribution is 5.48. The molecule has 1 nitrogen and oxygen atoms in total. The molecule has 0 fully saturated rings. The summed E-state index contributed by atoms with van der Waals surface area (Å²) in [7, 11) is 0. The predicted octanol–water partition coefficient (Wildman–Crippen LogP) is 2.97. The van der Waals surface area contributed by atoms with Gasteiger partial charge in [0.15, 0.2) is 0 Å². The van der Waals surface area contributed by atoms with Gasteiger partial charge in [0, 0.05) is 5.54 Å². The van der Waals surface area contributed by atoms with Crippen molar-refractivity contribution in [1.29, 1.82) is 0 Å². The Morgan fingerprint density at radius 2 is 1.86 bits per heavy atom. The van der Waals surface area contributed by atoms with Crippen LogP contribution in [0.4, 0.5) is 4.39 Å². The van der Waals surface area contributed by atoms with Gasteiger partial charge in [-0.3, -0.25) is 0 Å². The first-order valence-corrected chi connectivity index (χ1v) is 4.68. The maximum Gasteiger partial charge on any atom is 0.123 e. The number of halogens is 1. The van der Waals surface area contributed by atoms with Gasteiger partial charge >= 0.3 is 0 Å². The van der Waals surface area contributed by atoms with Crippen LogP contribution in [-0.4, -0.2) is 5.54 Å². The van der Waals surface area contributed by atoms with E-state index in [2.05, 4.69) is 0 Å². The molecule has 14 heavy (non-hydrogen) atoms. The van der Waals surface area contributed by atoms with Gasteiger partial charge < -0.3 is 5.73 Å². The molecule has 0 atom stereocenters. The van der Waals surface area contributed by atoms with E-state index < -0.39 is 0 Å². The van der Waals surface area contributed by atoms with Crippen LogP contribution in [0.15, 0.2) is 30.3 Å². The van der Waals surface area contributed by atoms with E-state index >= 15 is 0 Å². The third-order valence-electron chi connectivity index (χ3n) is 1.82. The summed E-state index contributed by atoms with van der Waals surface area (Å²) in [5, 5.41) is 0. The fourth-order valence-electron chi connectivity index (χ4n) is 1.07. The zero-order chi connectivity index (χ0) is 10.6. The van der Waals surface area contributed by atoms with Gasteiger partial charge in [-0.1, -0.05) is 24.3 Å². The summed E-state index contributed by atoms with van der Waals surface area (Å²) in [6.07, 6.45) is 4.77. The van der Waals surface area contributed by atoms with Crippen LogP contribution in [0.1, 0.15) is 25.8 Å². The first-order valence-electron chi connectivity index (χ1n) is 4.68. The van der Waals surface area contributed by atoms with E-state index in [1.54, 1.807) is 12.1 Å². The molecule has 76 valence electrons. The Balaban J connectivity index is 2.57. The molecule has 0 spiro atoms. The zero-order valence-electron chi connectivity index (χ0n) is 8.63. The van der Waals surface area contributed by atoms with Crippen LogP contribution >= 0.6 is 0 Å². The number of benzene rings is 1. The van der Waals surface area contributed by atoms with Crippen molar-refractivity contribution in [3.05, 3.63) is 41.7 Å². The molecule has 0 aromatic heterocycles. The summed E-state index contributed by atoms with van der Waals surface area (Å²) in [5.41, 5.74) is 6.62. The molecule has 0 amide bonds. The number of hydrogen-bond acceptors (Lipinski definition) is 1. The molecule has 0 aliphatic heterocycles. The van der Waals surface area contributed by atoms with Gasteiger partial charge in [0.1, 0.15) is 5.82 Å². The number of rotatable bonds is 3. The average molecular weight is 193 g/mol. The van der Waals surface area contributed by atoms with Gasteiger partial charge in [-0.15, -0.1) is 0 Å². The normalized spacial score (nSPS) is 12.3. The largest absolute Gasteiger partial charge is 0.325 e. The maximum atomic E-state index is 12.6. The van der Waals surface area contributed by atoms with E-state index in [-0.39, 0.29) is 11.4 Å². The van der Waals surface area contributed by atoms with Crippen molar-refractivity contribution in [1.82, 2.24) is 0 Å². The molecule has 0 saturated carbocycles. The van der Waals surface area contributed by atoms with E-state index in [9.17, 15) is 4.39 Å². The van der Waals surface area contributed by atoms with Crippen LogP contribution in [0.2, 0.25) is 0 Å². The lowest BCUT2D eigenvalue weighted by Crippen LogP contribution is -2.30. The molecule has 1 aromatic rings. The fraction of sp³-hybridized carbons (Fsp3) is 0.333. The van der Waals surface area contributed by atoms with Gasteiger partial charge in [-0.05, 0) is 38.0 Å². The molecule has 0 saturated heterocycles. The molecule has 2 N–H and O–H groups in total. The van der Waals surface area contributed by atoms with E-state index in [0.29, 0.717) is 0 Å². The van der Waals surface area contributed by atoms with Crippen molar-refractivity contribution < 1.29 is 4.39 Å². The summed E-state index contributed by atoms with van der Waals surface area (Å²) in [4.78, 5) is 0. The van der Waals surface area contributed by atoms with Crippen LogP contribution in [0.3, 0.4) is 0 Å². The van der Waals surface area contributed by atoms with Gasteiger partial charge in [0.2, 0.25) is 0 Å². The SMILES string of the molecule is CC(C)(N)C/C=C/c1ccc(F)cc1. The second-order valence-electron chi connectivity index (χ2n) is 4.15. The fourth-order valence-corrected chi connectivity index (χ4v) is 1.07. The lowest BCUT2D eigenvalue weighted by molar-refractivity contribution is 0.528.